The van der Waals surface area contributed by atoms with Crippen LogP contribution in [-0.2, 0) is 19.2 Å². The number of nitrogens with two attached hydrogens (primary N) is 1. The van der Waals surface area contributed by atoms with Crippen LogP contribution in [-0.4, -0.2) is 51.1 Å². The van der Waals surface area contributed by atoms with Gasteiger partial charge in [-0.25, -0.2) is 9.59 Å². The summed E-state index contributed by atoms with van der Waals surface area (Å²) < 4.78 is 0. The number of carbonyl (C=O) groups excluding carboxylic acids is 2. The summed E-state index contributed by atoms with van der Waals surface area (Å²) in [5.74, 6) is -3.04. The van der Waals surface area contributed by atoms with Gasteiger partial charge in [-0.1, -0.05) is 12.2 Å². The van der Waals surface area contributed by atoms with Gasteiger partial charge in [0, 0.05) is 19.3 Å². The van der Waals surface area contributed by atoms with Gasteiger partial charge in [0.1, 0.15) is 11.8 Å². The molecule has 0 saturated heterocycles. The summed E-state index contributed by atoms with van der Waals surface area (Å²) in [5, 5.41) is 27.0. The molecule has 10 heteroatoms. The first-order valence-electron chi connectivity index (χ1n) is 7.92. The number of amides is 2. The van der Waals surface area contributed by atoms with E-state index in [-0.39, 0.29) is 24.0 Å². The number of carbonyl (C=O) groups is 5. The van der Waals surface area contributed by atoms with Crippen molar-refractivity contribution in [2.75, 3.05) is 0 Å². The van der Waals surface area contributed by atoms with Crippen molar-refractivity contribution in [1.82, 2.24) is 5.32 Å². The first-order chi connectivity index (χ1) is 12.1. The molecule has 10 nitrogen and oxygen atoms in total. The van der Waals surface area contributed by atoms with Crippen LogP contribution in [0, 0.1) is 11.8 Å². The number of rotatable bonds is 8. The molecule has 1 aliphatic carbocycles. The molecular formula is C16H24N2O8. The van der Waals surface area contributed by atoms with Crippen LogP contribution in [0.3, 0.4) is 0 Å². The molecule has 0 aromatic rings. The fraction of sp³-hybridized carbons (Fsp3) is 0.562. The van der Waals surface area contributed by atoms with Crippen LogP contribution in [0.2, 0.25) is 0 Å². The average molecular weight is 372 g/mol. The summed E-state index contributed by atoms with van der Waals surface area (Å²) in [6, 6.07) is -2.54. The lowest BCUT2D eigenvalue weighted by Gasteiger charge is -2.14. The molecule has 0 bridgehead atoms. The molecular weight excluding hydrogens is 348 g/mol. The van der Waals surface area contributed by atoms with Crippen molar-refractivity contribution in [3.05, 3.63) is 12.2 Å². The summed E-state index contributed by atoms with van der Waals surface area (Å²) in [6.45, 7) is 1.93. The molecule has 6 N–H and O–H groups in total. The lowest BCUT2D eigenvalue weighted by Crippen LogP contribution is -2.44. The van der Waals surface area contributed by atoms with Crippen molar-refractivity contribution in [3.63, 3.8) is 0 Å². The third-order valence-electron chi connectivity index (χ3n) is 3.75. The Balaban J connectivity index is 0.000000488. The number of hydrogen-bond donors (Lipinski definition) is 5. The molecule has 1 saturated carbocycles. The molecule has 146 valence electrons. The number of nitrogens with one attached hydrogen (secondary N) is 1. The maximum absolute atomic E-state index is 11.2. The summed E-state index contributed by atoms with van der Waals surface area (Å²) in [5.41, 5.74) is 4.60. The van der Waals surface area contributed by atoms with Gasteiger partial charge < -0.3 is 26.4 Å². The molecule has 1 fully saturated rings. The zero-order valence-corrected chi connectivity index (χ0v) is 14.4. The largest absolute Gasteiger partial charge is 0.481 e. The lowest BCUT2D eigenvalue weighted by atomic mass is 9.90. The van der Waals surface area contributed by atoms with Gasteiger partial charge in [-0.15, -0.1) is 0 Å². The summed E-state index contributed by atoms with van der Waals surface area (Å²) in [4.78, 5) is 52.2. The van der Waals surface area contributed by atoms with E-state index in [9.17, 15) is 24.0 Å². The van der Waals surface area contributed by atoms with E-state index < -0.39 is 36.4 Å². The number of aliphatic carboxylic acids is 3. The molecule has 0 aromatic heterocycles. The number of Topliss-reactive ketones (excluding diaryl/α,β-unsaturated/α-hetero) is 1. The van der Waals surface area contributed by atoms with Crippen LogP contribution in [0.15, 0.2) is 12.2 Å². The molecule has 1 aliphatic rings. The van der Waals surface area contributed by atoms with Crippen LogP contribution < -0.4 is 11.1 Å². The zero-order valence-electron chi connectivity index (χ0n) is 14.4. The van der Waals surface area contributed by atoms with Crippen molar-refractivity contribution >= 4 is 29.7 Å². The standard InChI is InChI=1S/C11H16O3.C5H8N2O5/c1-2-3-4-8-5-10(12)6-9(8)7-11(13)14;6-5(12)7-2(4(10)11)1-3(8)9/h2-3,8-9H,4-7H2,1H3,(H,13,14);2H,1H2,(H,8,9)(H,10,11)(H3,6,7,12)/b3-2-;. The van der Waals surface area contributed by atoms with E-state index in [4.69, 9.17) is 15.3 Å². The zero-order chi connectivity index (χ0) is 20.3. The van der Waals surface area contributed by atoms with Gasteiger partial charge in [0.2, 0.25) is 0 Å². The van der Waals surface area contributed by atoms with Crippen LogP contribution in [0.4, 0.5) is 4.79 Å². The van der Waals surface area contributed by atoms with Crippen molar-refractivity contribution in [2.24, 2.45) is 17.6 Å². The second kappa shape index (κ2) is 11.6. The van der Waals surface area contributed by atoms with Crippen molar-refractivity contribution in [2.45, 2.75) is 45.1 Å². The third kappa shape index (κ3) is 10.1. The Bertz CT molecular complexity index is 557. The lowest BCUT2D eigenvalue weighted by molar-refractivity contribution is -0.145. The molecule has 2 amide bonds. The van der Waals surface area contributed by atoms with Crippen LogP contribution in [0.1, 0.15) is 39.0 Å². The average Bonchev–Trinajstić information content (AvgIpc) is 2.83. The predicted octanol–water partition coefficient (Wildman–Crippen LogP) is 0.605. The number of carboxylic acids is 3. The SMILES string of the molecule is C/C=C\CC1CC(=O)CC1CC(=O)O.NC(=O)NC(CC(=O)O)C(=O)O. The molecule has 26 heavy (non-hydrogen) atoms. The minimum Gasteiger partial charge on any atom is -0.481 e. The minimum atomic E-state index is -1.47. The highest BCUT2D eigenvalue weighted by atomic mass is 16.4. The van der Waals surface area contributed by atoms with E-state index in [2.05, 4.69) is 5.73 Å². The highest BCUT2D eigenvalue weighted by Gasteiger charge is 2.33. The number of carboxylic acid groups (broad SMARTS) is 3. The maximum Gasteiger partial charge on any atom is 0.326 e. The quantitative estimate of drug-likeness (QED) is 0.383. The smallest absolute Gasteiger partial charge is 0.326 e. The van der Waals surface area contributed by atoms with Gasteiger partial charge in [0.15, 0.2) is 0 Å². The molecule has 0 spiro atoms. The van der Waals surface area contributed by atoms with E-state index in [0.717, 1.165) is 6.42 Å². The van der Waals surface area contributed by atoms with Gasteiger partial charge in [-0.3, -0.25) is 14.4 Å². The van der Waals surface area contributed by atoms with Crippen LogP contribution in [0.5, 0.6) is 0 Å². The predicted molar refractivity (Wildman–Crippen MR) is 89.3 cm³/mol. The Hall–Kier alpha value is -2.91. The number of allylic oxidation sites excluding steroid dienone is 2. The normalized spacial score (nSPS) is 20.1. The second-order valence-electron chi connectivity index (χ2n) is 5.87. The van der Waals surface area contributed by atoms with Gasteiger partial charge in [0.25, 0.3) is 0 Å². The fourth-order valence-electron chi connectivity index (χ4n) is 2.60. The Labute approximate surface area is 150 Å². The first-order valence-corrected chi connectivity index (χ1v) is 7.92. The molecule has 1 rings (SSSR count). The van der Waals surface area contributed by atoms with E-state index in [0.29, 0.717) is 12.8 Å². The Morgan fingerprint density at radius 3 is 2.15 bits per heavy atom. The summed E-state index contributed by atoms with van der Waals surface area (Å²) in [7, 11) is 0. The van der Waals surface area contributed by atoms with Gasteiger partial charge in [0.05, 0.1) is 6.42 Å². The molecule has 0 heterocycles. The molecule has 0 aromatic carbocycles. The summed E-state index contributed by atoms with van der Waals surface area (Å²) >= 11 is 0. The topological polar surface area (TPSA) is 184 Å². The Morgan fingerprint density at radius 1 is 1.15 bits per heavy atom. The van der Waals surface area contributed by atoms with E-state index >= 15 is 0 Å². The number of ketones is 1. The third-order valence-corrected chi connectivity index (χ3v) is 3.75. The highest BCUT2D eigenvalue weighted by Crippen LogP contribution is 2.34. The summed E-state index contributed by atoms with van der Waals surface area (Å²) in [6.07, 6.45) is 5.24. The number of primary amides is 1. The fourth-order valence-corrected chi connectivity index (χ4v) is 2.60. The van der Waals surface area contributed by atoms with E-state index in [1.165, 1.54) is 0 Å². The Kier molecular flexibility index (Phi) is 10.3. The Morgan fingerprint density at radius 2 is 1.73 bits per heavy atom. The van der Waals surface area contributed by atoms with Gasteiger partial charge in [-0.2, -0.15) is 0 Å². The van der Waals surface area contributed by atoms with Gasteiger partial charge >= 0.3 is 23.9 Å². The molecule has 0 radical (unpaired) electrons. The van der Waals surface area contributed by atoms with Crippen molar-refractivity contribution in [1.29, 1.82) is 0 Å². The van der Waals surface area contributed by atoms with Crippen LogP contribution in [0.25, 0.3) is 0 Å². The molecule has 3 atom stereocenters. The monoisotopic (exact) mass is 372 g/mol. The van der Waals surface area contributed by atoms with Crippen molar-refractivity contribution in [3.8, 4) is 0 Å². The highest BCUT2D eigenvalue weighted by molar-refractivity contribution is 5.85. The molecule has 3 unspecified atom stereocenters. The number of hydrogen-bond acceptors (Lipinski definition) is 5. The first kappa shape index (κ1) is 23.1. The maximum atomic E-state index is 11.2. The van der Waals surface area contributed by atoms with Crippen molar-refractivity contribution < 1.29 is 39.3 Å². The van der Waals surface area contributed by atoms with E-state index in [1.54, 1.807) is 5.32 Å². The van der Waals surface area contributed by atoms with E-state index in [1.807, 2.05) is 19.1 Å². The second-order valence-corrected chi connectivity index (χ2v) is 5.87. The van der Waals surface area contributed by atoms with Gasteiger partial charge in [-0.05, 0) is 25.2 Å². The number of urea groups is 1. The molecule has 0 aliphatic heterocycles. The minimum absolute atomic E-state index is 0.0520. The van der Waals surface area contributed by atoms with Crippen LogP contribution >= 0.6 is 0 Å².